The molecule has 1 N–H and O–H groups in total. The van der Waals surface area contributed by atoms with Crippen molar-refractivity contribution >= 4 is 27.2 Å². The molecular weight excluding hydrogens is 432 g/mol. The van der Waals surface area contributed by atoms with Gasteiger partial charge in [0.05, 0.1) is 11.1 Å². The lowest BCUT2D eigenvalue weighted by atomic mass is 9.92. The van der Waals surface area contributed by atoms with Crippen LogP contribution in [0.15, 0.2) is 77.8 Å². The van der Waals surface area contributed by atoms with E-state index in [4.69, 9.17) is 11.6 Å². The number of nitrogens with zero attached hydrogens (tertiary/aromatic N) is 1. The molecule has 0 atom stereocenters. The van der Waals surface area contributed by atoms with Gasteiger partial charge in [-0.15, -0.1) is 0 Å². The summed E-state index contributed by atoms with van der Waals surface area (Å²) in [5, 5.41) is 0.573. The Kier molecular flexibility index (Phi) is 5.52. The van der Waals surface area contributed by atoms with Crippen molar-refractivity contribution in [2.45, 2.75) is 11.8 Å². The minimum absolute atomic E-state index is 0.0979. The Morgan fingerprint density at radius 3 is 2.35 bits per heavy atom. The second kappa shape index (κ2) is 8.13. The summed E-state index contributed by atoms with van der Waals surface area (Å²) >= 11 is 6.50. The van der Waals surface area contributed by atoms with Gasteiger partial charge in [0.2, 0.25) is 0 Å². The minimum atomic E-state index is -3.35. The smallest absolute Gasteiger partial charge is 0.177 e. The molecule has 0 fully saturated rings. The molecule has 0 radical (unpaired) electrons. The molecule has 0 aliphatic heterocycles. The third-order valence-electron chi connectivity index (χ3n) is 4.99. The average molecular weight is 451 g/mol. The molecule has 0 aliphatic carbocycles. The molecule has 0 amide bonds. The summed E-state index contributed by atoms with van der Waals surface area (Å²) in [5.41, 5.74) is 4.44. The second-order valence-electron chi connectivity index (χ2n) is 7.24. The molecule has 0 saturated heterocycles. The summed E-state index contributed by atoms with van der Waals surface area (Å²) in [5.74, 6) is 0.467. The predicted octanol–water partition coefficient (Wildman–Crippen LogP) is 5.67. The normalized spacial score (nSPS) is 11.5. The predicted molar refractivity (Wildman–Crippen MR) is 123 cm³/mol. The molecule has 156 valence electrons. The second-order valence-corrected chi connectivity index (χ2v) is 9.66. The average Bonchev–Trinajstić information content (AvgIpc) is 3.24. The van der Waals surface area contributed by atoms with Crippen LogP contribution in [0.4, 0.5) is 0 Å². The van der Waals surface area contributed by atoms with Crippen molar-refractivity contribution in [1.29, 1.82) is 0 Å². The zero-order chi connectivity index (χ0) is 22.2. The maximum absolute atomic E-state index is 12.1. The monoisotopic (exact) mass is 450 g/mol. The van der Waals surface area contributed by atoms with Gasteiger partial charge < -0.3 is 4.98 Å². The highest BCUT2D eigenvalue weighted by Gasteiger charge is 2.16. The molecule has 0 aliphatic rings. The molecule has 4 aromatic rings. The van der Waals surface area contributed by atoms with Crippen LogP contribution >= 0.6 is 11.6 Å². The Morgan fingerprint density at radius 1 is 0.903 bits per heavy atom. The fourth-order valence-corrected chi connectivity index (χ4v) is 4.29. The van der Waals surface area contributed by atoms with Crippen LogP contribution in [0.1, 0.15) is 17.4 Å². The van der Waals surface area contributed by atoms with Crippen LogP contribution in [-0.4, -0.2) is 30.4 Å². The van der Waals surface area contributed by atoms with Gasteiger partial charge in [-0.05, 0) is 41.0 Å². The van der Waals surface area contributed by atoms with Gasteiger partial charge in [-0.1, -0.05) is 54.1 Å². The Morgan fingerprint density at radius 2 is 1.68 bits per heavy atom. The fourth-order valence-electron chi connectivity index (χ4n) is 3.39. The number of nitrogens with one attached hydrogen (secondary N) is 1. The molecule has 1 heterocycles. The Labute approximate surface area is 185 Å². The molecule has 0 spiro atoms. The molecule has 4 rings (SSSR count). The zero-order valence-corrected chi connectivity index (χ0v) is 18.5. The number of benzene rings is 3. The largest absolute Gasteiger partial charge is 0.336 e. The van der Waals surface area contributed by atoms with E-state index in [9.17, 15) is 13.2 Å². The summed E-state index contributed by atoms with van der Waals surface area (Å²) in [7, 11) is -3.35. The molecule has 1 aromatic heterocycles. The summed E-state index contributed by atoms with van der Waals surface area (Å²) in [6.07, 6.45) is 2.70. The highest BCUT2D eigenvalue weighted by atomic mass is 35.5. The van der Waals surface area contributed by atoms with Crippen LogP contribution in [0.2, 0.25) is 5.02 Å². The van der Waals surface area contributed by atoms with Crippen molar-refractivity contribution in [3.63, 3.8) is 0 Å². The van der Waals surface area contributed by atoms with Crippen molar-refractivity contribution in [3.8, 4) is 33.6 Å². The maximum atomic E-state index is 12.1. The van der Waals surface area contributed by atoms with Crippen molar-refractivity contribution in [2.24, 2.45) is 0 Å². The number of rotatable bonds is 5. The van der Waals surface area contributed by atoms with Crippen LogP contribution in [-0.2, 0) is 9.84 Å². The number of carbonyl (C=O) groups is 1. The number of aromatic nitrogens is 2. The Balaban J connectivity index is 1.94. The van der Waals surface area contributed by atoms with Gasteiger partial charge in [-0.25, -0.2) is 13.4 Å². The van der Waals surface area contributed by atoms with Crippen LogP contribution in [0.5, 0.6) is 0 Å². The van der Waals surface area contributed by atoms with Crippen LogP contribution in [0.3, 0.4) is 0 Å². The van der Waals surface area contributed by atoms with Crippen molar-refractivity contribution in [1.82, 2.24) is 9.97 Å². The number of hydrogen-bond acceptors (Lipinski definition) is 4. The summed E-state index contributed by atoms with van der Waals surface area (Å²) in [6, 6.07) is 20.0. The number of H-pyrrole nitrogens is 1. The lowest BCUT2D eigenvalue weighted by Crippen LogP contribution is -1.97. The van der Waals surface area contributed by atoms with E-state index in [0.29, 0.717) is 16.5 Å². The van der Waals surface area contributed by atoms with E-state index < -0.39 is 9.84 Å². The van der Waals surface area contributed by atoms with Gasteiger partial charge in [0.25, 0.3) is 0 Å². The SMILES string of the molecule is CC(=O)c1cnc(-c2ccc(-c3cccc(S(C)(=O)=O)c3)c(-c3ccccc3Cl)c2)[nH]1. The van der Waals surface area contributed by atoms with Gasteiger partial charge in [-0.2, -0.15) is 0 Å². The lowest BCUT2D eigenvalue weighted by molar-refractivity contribution is 0.101. The highest BCUT2D eigenvalue weighted by Crippen LogP contribution is 2.38. The van der Waals surface area contributed by atoms with E-state index in [0.717, 1.165) is 27.8 Å². The molecule has 31 heavy (non-hydrogen) atoms. The number of sulfone groups is 1. The van der Waals surface area contributed by atoms with E-state index in [-0.39, 0.29) is 10.7 Å². The lowest BCUT2D eigenvalue weighted by Gasteiger charge is -2.14. The van der Waals surface area contributed by atoms with Crippen LogP contribution in [0.25, 0.3) is 33.6 Å². The minimum Gasteiger partial charge on any atom is -0.336 e. The first-order valence-electron chi connectivity index (χ1n) is 9.50. The van der Waals surface area contributed by atoms with Gasteiger partial charge in [-0.3, -0.25) is 4.79 Å². The van der Waals surface area contributed by atoms with Crippen LogP contribution < -0.4 is 0 Å². The molecule has 3 aromatic carbocycles. The van der Waals surface area contributed by atoms with E-state index in [1.807, 2.05) is 42.5 Å². The summed E-state index contributed by atoms with van der Waals surface area (Å²) < 4.78 is 24.1. The number of carbonyl (C=O) groups excluding carboxylic acids is 1. The zero-order valence-electron chi connectivity index (χ0n) is 16.9. The number of imidazole rings is 1. The van der Waals surface area contributed by atoms with Crippen molar-refractivity contribution < 1.29 is 13.2 Å². The molecule has 7 heteroatoms. The Hall–Kier alpha value is -3.22. The van der Waals surface area contributed by atoms with E-state index in [2.05, 4.69) is 9.97 Å². The molecule has 0 saturated carbocycles. The molecule has 0 unspecified atom stereocenters. The maximum Gasteiger partial charge on any atom is 0.177 e. The van der Waals surface area contributed by atoms with E-state index in [1.165, 1.54) is 19.4 Å². The summed E-state index contributed by atoms with van der Waals surface area (Å²) in [6.45, 7) is 1.48. The Bertz CT molecular complexity index is 1410. The highest BCUT2D eigenvalue weighted by molar-refractivity contribution is 7.90. The molecule has 5 nitrogen and oxygen atoms in total. The van der Waals surface area contributed by atoms with Gasteiger partial charge in [0.15, 0.2) is 15.6 Å². The topological polar surface area (TPSA) is 79.9 Å². The number of aromatic amines is 1. The fraction of sp³-hybridized carbons (Fsp3) is 0.0833. The third-order valence-corrected chi connectivity index (χ3v) is 6.43. The van der Waals surface area contributed by atoms with E-state index in [1.54, 1.807) is 24.3 Å². The first kappa shape index (κ1) is 21.0. The number of ketones is 1. The van der Waals surface area contributed by atoms with E-state index >= 15 is 0 Å². The van der Waals surface area contributed by atoms with Gasteiger partial charge >= 0.3 is 0 Å². The van der Waals surface area contributed by atoms with Crippen LogP contribution in [0, 0.1) is 0 Å². The van der Waals surface area contributed by atoms with Crippen molar-refractivity contribution in [2.75, 3.05) is 6.26 Å². The molecular formula is C24H19ClN2O3S. The first-order valence-corrected chi connectivity index (χ1v) is 11.8. The first-order chi connectivity index (χ1) is 14.7. The van der Waals surface area contributed by atoms with Gasteiger partial charge in [0.1, 0.15) is 11.5 Å². The van der Waals surface area contributed by atoms with Crippen molar-refractivity contribution in [3.05, 3.63) is 83.6 Å². The van der Waals surface area contributed by atoms with Gasteiger partial charge in [0, 0.05) is 29.3 Å². The standard InChI is InChI=1S/C24H19ClN2O3S/c1-15(28)23-14-26-24(27-23)17-10-11-19(16-6-5-7-18(12-16)31(2,29)30)21(13-17)20-8-3-4-9-22(20)25/h3-14H,1-2H3,(H,26,27). The quantitative estimate of drug-likeness (QED) is 0.397. The number of hydrogen-bond donors (Lipinski definition) is 1. The third kappa shape index (κ3) is 4.31. The number of halogens is 1. The number of Topliss-reactive ketones (excluding diaryl/α,β-unsaturated/α-hetero) is 1. The summed E-state index contributed by atoms with van der Waals surface area (Å²) in [4.78, 5) is 19.2. The molecule has 0 bridgehead atoms.